The van der Waals surface area contributed by atoms with Gasteiger partial charge in [-0.25, -0.2) is 9.18 Å². The third-order valence-electron chi connectivity index (χ3n) is 3.28. The molecule has 2 rings (SSSR count). The molecule has 1 N–H and O–H groups in total. The molecule has 0 fully saturated rings. The average molecular weight is 329 g/mol. The van der Waals surface area contributed by atoms with Crippen LogP contribution in [0.1, 0.15) is 17.5 Å². The number of ether oxygens (including phenoxy) is 2. The number of hydrogen-bond donors (Lipinski definition) is 1. The summed E-state index contributed by atoms with van der Waals surface area (Å²) < 4.78 is 23.5. The highest BCUT2D eigenvalue weighted by Gasteiger charge is 2.02. The Morgan fingerprint density at radius 3 is 2.75 bits per heavy atom. The first-order valence-corrected chi connectivity index (χ1v) is 7.63. The SMILES string of the molecule is COc1ccc(F)cc1C=CCCNC(=O)OCc1ccccc1. The molecule has 0 unspecified atom stereocenters. The van der Waals surface area contributed by atoms with Crippen molar-refractivity contribution in [1.29, 1.82) is 0 Å². The average Bonchev–Trinajstić information content (AvgIpc) is 2.61. The van der Waals surface area contributed by atoms with Gasteiger partial charge in [0.25, 0.3) is 0 Å². The summed E-state index contributed by atoms with van der Waals surface area (Å²) >= 11 is 0. The molecule has 2 aromatic carbocycles. The van der Waals surface area contributed by atoms with Crippen LogP contribution in [-0.2, 0) is 11.3 Å². The van der Waals surface area contributed by atoms with E-state index in [1.165, 1.54) is 19.2 Å². The van der Waals surface area contributed by atoms with Crippen molar-refractivity contribution in [1.82, 2.24) is 5.32 Å². The summed E-state index contributed by atoms with van der Waals surface area (Å²) in [7, 11) is 1.54. The normalized spacial score (nSPS) is 10.6. The molecule has 126 valence electrons. The lowest BCUT2D eigenvalue weighted by Crippen LogP contribution is -2.24. The van der Waals surface area contributed by atoms with Gasteiger partial charge in [-0.15, -0.1) is 0 Å². The predicted octanol–water partition coefficient (Wildman–Crippen LogP) is 4.16. The summed E-state index contributed by atoms with van der Waals surface area (Å²) in [6.45, 7) is 0.671. The van der Waals surface area contributed by atoms with Gasteiger partial charge in [-0.1, -0.05) is 42.5 Å². The highest BCUT2D eigenvalue weighted by Crippen LogP contribution is 2.20. The third-order valence-corrected chi connectivity index (χ3v) is 3.28. The number of nitrogens with one attached hydrogen (secondary N) is 1. The maximum absolute atomic E-state index is 13.2. The van der Waals surface area contributed by atoms with Crippen molar-refractivity contribution in [3.63, 3.8) is 0 Å². The van der Waals surface area contributed by atoms with E-state index in [0.717, 1.165) is 5.56 Å². The van der Waals surface area contributed by atoms with Gasteiger partial charge in [0.05, 0.1) is 7.11 Å². The van der Waals surface area contributed by atoms with Gasteiger partial charge in [0.2, 0.25) is 0 Å². The number of carbonyl (C=O) groups excluding carboxylic acids is 1. The lowest BCUT2D eigenvalue weighted by Gasteiger charge is -2.06. The lowest BCUT2D eigenvalue weighted by atomic mass is 10.1. The Labute approximate surface area is 140 Å². The minimum Gasteiger partial charge on any atom is -0.496 e. The fourth-order valence-corrected chi connectivity index (χ4v) is 2.08. The zero-order valence-electron chi connectivity index (χ0n) is 13.5. The Bertz CT molecular complexity index is 686. The Kier molecular flexibility index (Phi) is 6.83. The van der Waals surface area contributed by atoms with Gasteiger partial charge in [0.1, 0.15) is 18.2 Å². The van der Waals surface area contributed by atoms with Crippen LogP contribution in [0, 0.1) is 5.82 Å². The van der Waals surface area contributed by atoms with Crippen molar-refractivity contribution < 1.29 is 18.7 Å². The van der Waals surface area contributed by atoms with E-state index in [0.29, 0.717) is 24.3 Å². The van der Waals surface area contributed by atoms with E-state index in [9.17, 15) is 9.18 Å². The predicted molar refractivity (Wildman–Crippen MR) is 91.2 cm³/mol. The number of benzene rings is 2. The van der Waals surface area contributed by atoms with Gasteiger partial charge in [-0.2, -0.15) is 0 Å². The van der Waals surface area contributed by atoms with Crippen LogP contribution in [0.2, 0.25) is 0 Å². The van der Waals surface area contributed by atoms with Crippen molar-refractivity contribution in [3.8, 4) is 5.75 Å². The van der Waals surface area contributed by atoms with Crippen LogP contribution in [0.15, 0.2) is 54.6 Å². The van der Waals surface area contributed by atoms with E-state index in [-0.39, 0.29) is 12.4 Å². The number of amides is 1. The Hall–Kier alpha value is -2.82. The number of methoxy groups -OCH3 is 1. The van der Waals surface area contributed by atoms with Crippen molar-refractivity contribution in [2.75, 3.05) is 13.7 Å². The number of alkyl carbamates (subject to hydrolysis) is 1. The number of rotatable bonds is 7. The summed E-state index contributed by atoms with van der Waals surface area (Å²) in [6.07, 6.45) is 3.74. The molecule has 24 heavy (non-hydrogen) atoms. The standard InChI is InChI=1S/C19H20FNO3/c1-23-18-11-10-17(20)13-16(18)9-5-6-12-21-19(22)24-14-15-7-3-2-4-8-15/h2-5,7-11,13H,6,12,14H2,1H3,(H,21,22). The summed E-state index contributed by atoms with van der Waals surface area (Å²) in [4.78, 5) is 11.6. The smallest absolute Gasteiger partial charge is 0.407 e. The number of carbonyl (C=O) groups is 1. The zero-order valence-corrected chi connectivity index (χ0v) is 13.5. The second kappa shape index (κ2) is 9.35. The second-order valence-corrected chi connectivity index (χ2v) is 5.07. The van der Waals surface area contributed by atoms with E-state index in [1.807, 2.05) is 36.4 Å². The van der Waals surface area contributed by atoms with Crippen LogP contribution >= 0.6 is 0 Å². The molecular formula is C19H20FNO3. The fraction of sp³-hybridized carbons (Fsp3) is 0.211. The molecule has 2 aromatic rings. The summed E-state index contributed by atoms with van der Waals surface area (Å²) in [5.41, 5.74) is 1.59. The molecule has 0 heterocycles. The topological polar surface area (TPSA) is 47.6 Å². The van der Waals surface area contributed by atoms with E-state index in [2.05, 4.69) is 5.32 Å². The Morgan fingerprint density at radius 2 is 2.00 bits per heavy atom. The molecule has 0 atom stereocenters. The van der Waals surface area contributed by atoms with Gasteiger partial charge in [-0.05, 0) is 30.2 Å². The van der Waals surface area contributed by atoms with Crippen molar-refractivity contribution in [2.45, 2.75) is 13.0 Å². The van der Waals surface area contributed by atoms with Gasteiger partial charge >= 0.3 is 6.09 Å². The maximum Gasteiger partial charge on any atom is 0.407 e. The summed E-state index contributed by atoms with van der Waals surface area (Å²) in [6, 6.07) is 13.8. The maximum atomic E-state index is 13.2. The van der Waals surface area contributed by atoms with Crippen molar-refractivity contribution in [2.24, 2.45) is 0 Å². The van der Waals surface area contributed by atoms with E-state index in [4.69, 9.17) is 9.47 Å². The third kappa shape index (κ3) is 5.76. The molecule has 0 aliphatic carbocycles. The summed E-state index contributed by atoms with van der Waals surface area (Å²) in [5, 5.41) is 2.66. The van der Waals surface area contributed by atoms with Gasteiger partial charge in [-0.3, -0.25) is 0 Å². The van der Waals surface area contributed by atoms with Gasteiger partial charge < -0.3 is 14.8 Å². The molecule has 0 saturated heterocycles. The van der Waals surface area contributed by atoms with E-state index >= 15 is 0 Å². The molecule has 0 aromatic heterocycles. The fourth-order valence-electron chi connectivity index (χ4n) is 2.08. The molecule has 5 heteroatoms. The van der Waals surface area contributed by atoms with Crippen LogP contribution in [0.25, 0.3) is 6.08 Å². The Balaban J connectivity index is 1.70. The van der Waals surface area contributed by atoms with E-state index in [1.54, 1.807) is 12.1 Å². The molecule has 0 aliphatic rings. The van der Waals surface area contributed by atoms with Crippen LogP contribution in [0.4, 0.5) is 9.18 Å². The minimum absolute atomic E-state index is 0.239. The first-order chi connectivity index (χ1) is 11.7. The number of hydrogen-bond acceptors (Lipinski definition) is 3. The molecule has 0 saturated carbocycles. The first-order valence-electron chi connectivity index (χ1n) is 7.63. The van der Waals surface area contributed by atoms with Crippen LogP contribution in [-0.4, -0.2) is 19.7 Å². The summed E-state index contributed by atoms with van der Waals surface area (Å²) in [5.74, 6) is 0.279. The molecular weight excluding hydrogens is 309 g/mol. The van der Waals surface area contributed by atoms with Crippen LogP contribution < -0.4 is 10.1 Å². The minimum atomic E-state index is -0.462. The molecule has 1 amide bonds. The first kappa shape index (κ1) is 17.5. The van der Waals surface area contributed by atoms with Gasteiger partial charge in [0, 0.05) is 12.1 Å². The highest BCUT2D eigenvalue weighted by atomic mass is 19.1. The molecule has 4 nitrogen and oxygen atoms in total. The van der Waals surface area contributed by atoms with Gasteiger partial charge in [0.15, 0.2) is 0 Å². The zero-order chi connectivity index (χ0) is 17.2. The molecule has 0 radical (unpaired) electrons. The molecule has 0 spiro atoms. The van der Waals surface area contributed by atoms with Crippen LogP contribution in [0.5, 0.6) is 5.75 Å². The molecule has 0 aliphatic heterocycles. The number of halogens is 1. The van der Waals surface area contributed by atoms with E-state index < -0.39 is 6.09 Å². The monoisotopic (exact) mass is 329 g/mol. The second-order valence-electron chi connectivity index (χ2n) is 5.07. The highest BCUT2D eigenvalue weighted by molar-refractivity contribution is 5.67. The quantitative estimate of drug-likeness (QED) is 0.776. The largest absolute Gasteiger partial charge is 0.496 e. The van der Waals surface area contributed by atoms with Crippen molar-refractivity contribution in [3.05, 3.63) is 71.6 Å². The van der Waals surface area contributed by atoms with Crippen molar-refractivity contribution >= 4 is 12.2 Å². The molecule has 0 bridgehead atoms. The lowest BCUT2D eigenvalue weighted by molar-refractivity contribution is 0.140. The van der Waals surface area contributed by atoms with Crippen LogP contribution in [0.3, 0.4) is 0 Å². The Morgan fingerprint density at radius 1 is 1.21 bits per heavy atom.